The zero-order valence-electron chi connectivity index (χ0n) is 4.89. The van der Waals surface area contributed by atoms with E-state index in [1.165, 1.54) is 0 Å². The molecule has 0 saturated heterocycles. The smallest absolute Gasteiger partial charge is 0.105 e. The molecule has 0 aliphatic rings. The summed E-state index contributed by atoms with van der Waals surface area (Å²) in [5, 5.41) is 19.3. The summed E-state index contributed by atoms with van der Waals surface area (Å²) in [6.07, 6.45) is 0.122. The van der Waals surface area contributed by atoms with Crippen LogP contribution in [0.25, 0.3) is 0 Å². The van der Waals surface area contributed by atoms with Crippen LogP contribution in [0.1, 0.15) is 13.3 Å². The minimum atomic E-state index is -0.519. The molecule has 0 spiro atoms. The Morgan fingerprint density at radius 2 is 2.50 bits per heavy atom. The number of nitriles is 1. The van der Waals surface area contributed by atoms with Gasteiger partial charge in [-0.25, -0.2) is 0 Å². The van der Waals surface area contributed by atoms with Crippen molar-refractivity contribution in [2.75, 3.05) is 6.54 Å². The fourth-order valence-electron chi connectivity index (χ4n) is 0.308. The molecule has 3 nitrogen and oxygen atoms in total. The molecule has 0 aromatic heterocycles. The zero-order valence-corrected chi connectivity index (χ0v) is 4.89. The molecule has 1 atom stereocenters. The van der Waals surface area contributed by atoms with Gasteiger partial charge in [-0.2, -0.15) is 5.26 Å². The van der Waals surface area contributed by atoms with E-state index in [4.69, 9.17) is 10.4 Å². The second kappa shape index (κ2) is 4.57. The monoisotopic (exact) mass is 114 g/mol. The van der Waals surface area contributed by atoms with Crippen molar-refractivity contribution in [2.24, 2.45) is 0 Å². The van der Waals surface area contributed by atoms with E-state index in [2.05, 4.69) is 5.32 Å². The molecule has 0 heterocycles. The maximum absolute atomic E-state index is 8.73. The van der Waals surface area contributed by atoms with Gasteiger partial charge < -0.3 is 5.11 Å². The Hall–Kier alpha value is -0.590. The molecule has 0 aromatic rings. The molecule has 0 aliphatic carbocycles. The summed E-state index contributed by atoms with van der Waals surface area (Å²) in [4.78, 5) is 0. The fourth-order valence-corrected chi connectivity index (χ4v) is 0.308. The zero-order chi connectivity index (χ0) is 6.41. The molecule has 3 heteroatoms. The second-order valence-electron chi connectivity index (χ2n) is 1.46. The number of hydrogen-bond donors (Lipinski definition) is 2. The molecule has 0 bridgehead atoms. The molecule has 2 N–H and O–H groups in total. The number of nitrogens with zero attached hydrogens (tertiary/aromatic N) is 1. The number of rotatable bonds is 3. The molecule has 0 saturated carbocycles. The van der Waals surface area contributed by atoms with Crippen LogP contribution in [0.15, 0.2) is 0 Å². The van der Waals surface area contributed by atoms with E-state index < -0.39 is 6.23 Å². The summed E-state index contributed by atoms with van der Waals surface area (Å²) in [6, 6.07) is 1.86. The van der Waals surface area contributed by atoms with Gasteiger partial charge in [0.05, 0.1) is 12.6 Å². The topological polar surface area (TPSA) is 56.0 Å². The molecule has 8 heavy (non-hydrogen) atoms. The lowest BCUT2D eigenvalue weighted by Gasteiger charge is -2.04. The molecule has 0 aromatic carbocycles. The van der Waals surface area contributed by atoms with Crippen LogP contribution in [0.5, 0.6) is 0 Å². The normalized spacial score (nSPS) is 12.6. The largest absolute Gasteiger partial charge is 0.379 e. The lowest BCUT2D eigenvalue weighted by Crippen LogP contribution is -2.27. The van der Waals surface area contributed by atoms with Gasteiger partial charge in [-0.3, -0.25) is 5.32 Å². The van der Waals surface area contributed by atoms with Crippen LogP contribution in [0.4, 0.5) is 0 Å². The highest BCUT2D eigenvalue weighted by molar-refractivity contribution is 4.73. The third-order valence-corrected chi connectivity index (χ3v) is 0.803. The SMILES string of the molecule is CCC(O)NCC#N. The van der Waals surface area contributed by atoms with Crippen LogP contribution in [0.3, 0.4) is 0 Å². The van der Waals surface area contributed by atoms with Crippen molar-refractivity contribution in [1.29, 1.82) is 5.26 Å². The first-order valence-electron chi connectivity index (χ1n) is 2.59. The molecule has 0 amide bonds. The Morgan fingerprint density at radius 3 is 2.88 bits per heavy atom. The van der Waals surface area contributed by atoms with Crippen molar-refractivity contribution in [2.45, 2.75) is 19.6 Å². The first-order chi connectivity index (χ1) is 3.81. The summed E-state index contributed by atoms with van der Waals surface area (Å²) in [7, 11) is 0. The average Bonchev–Trinajstić information content (AvgIpc) is 1.83. The minimum absolute atomic E-state index is 0.217. The summed E-state index contributed by atoms with van der Waals surface area (Å²) >= 11 is 0. The fraction of sp³-hybridized carbons (Fsp3) is 0.800. The Bertz CT molecular complexity index is 86.9. The van der Waals surface area contributed by atoms with E-state index in [1.807, 2.05) is 13.0 Å². The number of hydrogen-bond acceptors (Lipinski definition) is 3. The lowest BCUT2D eigenvalue weighted by atomic mass is 10.4. The highest BCUT2D eigenvalue weighted by atomic mass is 16.3. The van der Waals surface area contributed by atoms with E-state index in [0.29, 0.717) is 6.42 Å². The van der Waals surface area contributed by atoms with Crippen LogP contribution in [-0.4, -0.2) is 17.9 Å². The lowest BCUT2D eigenvalue weighted by molar-refractivity contribution is 0.138. The van der Waals surface area contributed by atoms with Crippen molar-refractivity contribution >= 4 is 0 Å². The molecular weight excluding hydrogens is 104 g/mol. The summed E-state index contributed by atoms with van der Waals surface area (Å²) < 4.78 is 0. The van der Waals surface area contributed by atoms with Crippen LogP contribution >= 0.6 is 0 Å². The maximum atomic E-state index is 8.73. The van der Waals surface area contributed by atoms with Crippen LogP contribution < -0.4 is 5.32 Å². The van der Waals surface area contributed by atoms with Gasteiger partial charge in [0.15, 0.2) is 0 Å². The summed E-state index contributed by atoms with van der Waals surface area (Å²) in [5.74, 6) is 0. The van der Waals surface area contributed by atoms with Gasteiger partial charge in [-0.15, -0.1) is 0 Å². The Balaban J connectivity index is 3.01. The van der Waals surface area contributed by atoms with E-state index in [-0.39, 0.29) is 6.54 Å². The molecular formula is C5H10N2O. The number of aliphatic hydroxyl groups excluding tert-OH is 1. The van der Waals surface area contributed by atoms with Gasteiger partial charge in [-0.05, 0) is 6.42 Å². The Morgan fingerprint density at radius 1 is 1.88 bits per heavy atom. The molecule has 0 rings (SSSR count). The minimum Gasteiger partial charge on any atom is -0.379 e. The average molecular weight is 114 g/mol. The molecule has 1 unspecified atom stereocenters. The van der Waals surface area contributed by atoms with Crippen molar-refractivity contribution < 1.29 is 5.11 Å². The Labute approximate surface area is 48.9 Å². The van der Waals surface area contributed by atoms with Crippen molar-refractivity contribution in [1.82, 2.24) is 5.32 Å². The van der Waals surface area contributed by atoms with Crippen molar-refractivity contribution in [3.05, 3.63) is 0 Å². The molecule has 0 fully saturated rings. The summed E-state index contributed by atoms with van der Waals surface area (Å²) in [6.45, 7) is 2.06. The van der Waals surface area contributed by atoms with Crippen LogP contribution in [0.2, 0.25) is 0 Å². The third-order valence-electron chi connectivity index (χ3n) is 0.803. The predicted molar refractivity (Wildman–Crippen MR) is 29.9 cm³/mol. The van der Waals surface area contributed by atoms with E-state index in [9.17, 15) is 0 Å². The van der Waals surface area contributed by atoms with Crippen molar-refractivity contribution in [3.63, 3.8) is 0 Å². The predicted octanol–water partition coefficient (Wildman–Crippen LogP) is -0.172. The van der Waals surface area contributed by atoms with Crippen LogP contribution in [0, 0.1) is 11.3 Å². The first-order valence-corrected chi connectivity index (χ1v) is 2.59. The van der Waals surface area contributed by atoms with E-state index in [0.717, 1.165) is 0 Å². The highest BCUT2D eigenvalue weighted by Gasteiger charge is 1.94. The standard InChI is InChI=1S/C5H10N2O/c1-2-5(8)7-4-3-6/h5,7-8H,2,4H2,1H3. The number of aliphatic hydroxyl groups is 1. The second-order valence-corrected chi connectivity index (χ2v) is 1.46. The first kappa shape index (κ1) is 7.41. The van der Waals surface area contributed by atoms with Gasteiger partial charge in [0.25, 0.3) is 0 Å². The highest BCUT2D eigenvalue weighted by Crippen LogP contribution is 1.80. The Kier molecular flexibility index (Phi) is 4.23. The van der Waals surface area contributed by atoms with Gasteiger partial charge in [0, 0.05) is 0 Å². The van der Waals surface area contributed by atoms with Gasteiger partial charge in [0.2, 0.25) is 0 Å². The van der Waals surface area contributed by atoms with E-state index >= 15 is 0 Å². The van der Waals surface area contributed by atoms with Gasteiger partial charge in [0.1, 0.15) is 6.23 Å². The van der Waals surface area contributed by atoms with E-state index in [1.54, 1.807) is 0 Å². The quantitative estimate of drug-likeness (QED) is 0.395. The molecule has 0 aliphatic heterocycles. The molecule has 46 valence electrons. The number of nitrogens with one attached hydrogen (secondary N) is 1. The van der Waals surface area contributed by atoms with Gasteiger partial charge >= 0.3 is 0 Å². The van der Waals surface area contributed by atoms with Crippen LogP contribution in [-0.2, 0) is 0 Å². The van der Waals surface area contributed by atoms with Crippen molar-refractivity contribution in [3.8, 4) is 6.07 Å². The third kappa shape index (κ3) is 3.59. The molecule has 0 radical (unpaired) electrons. The summed E-state index contributed by atoms with van der Waals surface area (Å²) in [5.41, 5.74) is 0. The van der Waals surface area contributed by atoms with Gasteiger partial charge in [-0.1, -0.05) is 6.92 Å². The maximum Gasteiger partial charge on any atom is 0.105 e.